The van der Waals surface area contributed by atoms with E-state index >= 15 is 0 Å². The highest BCUT2D eigenvalue weighted by atomic mass is 32.1. The number of thiazole rings is 1. The van der Waals surface area contributed by atoms with Crippen LogP contribution in [-0.2, 0) is 11.2 Å². The summed E-state index contributed by atoms with van der Waals surface area (Å²) in [5.74, 6) is 0.592. The molecule has 7 nitrogen and oxygen atoms in total. The van der Waals surface area contributed by atoms with Gasteiger partial charge in [0.2, 0.25) is 5.91 Å². The Kier molecular flexibility index (Phi) is 4.90. The van der Waals surface area contributed by atoms with Gasteiger partial charge in [-0.1, -0.05) is 12.1 Å². The van der Waals surface area contributed by atoms with E-state index < -0.39 is 4.92 Å². The fraction of sp³-hybridized carbons (Fsp3) is 0.176. The normalized spacial score (nSPS) is 10.6. The molecule has 0 aliphatic heterocycles. The zero-order valence-electron chi connectivity index (χ0n) is 13.4. The molecule has 0 bridgehead atoms. The first-order chi connectivity index (χ1) is 12.0. The summed E-state index contributed by atoms with van der Waals surface area (Å²) in [5, 5.41) is 16.0. The maximum absolute atomic E-state index is 12.0. The van der Waals surface area contributed by atoms with Gasteiger partial charge in [0.15, 0.2) is 5.13 Å². The number of hydrogen-bond donors (Lipinski definition) is 1. The summed E-state index contributed by atoms with van der Waals surface area (Å²) in [6.45, 7) is 1.69. The molecule has 2 heterocycles. The van der Waals surface area contributed by atoms with Gasteiger partial charge in [-0.15, -0.1) is 11.3 Å². The van der Waals surface area contributed by atoms with Crippen molar-refractivity contribution in [1.82, 2.24) is 4.98 Å². The average molecular weight is 357 g/mol. The number of aryl methyl sites for hydroxylation is 2. The van der Waals surface area contributed by atoms with Crippen molar-refractivity contribution in [3.05, 3.63) is 63.4 Å². The fourth-order valence-corrected chi connectivity index (χ4v) is 3.04. The lowest BCUT2D eigenvalue weighted by atomic mass is 10.1. The van der Waals surface area contributed by atoms with Crippen molar-refractivity contribution in [2.75, 3.05) is 5.32 Å². The molecule has 0 aliphatic rings. The maximum atomic E-state index is 12.0. The molecule has 0 fully saturated rings. The van der Waals surface area contributed by atoms with Gasteiger partial charge >= 0.3 is 0 Å². The number of rotatable bonds is 6. The smallest absolute Gasteiger partial charge is 0.272 e. The Balaban J connectivity index is 1.67. The molecular formula is C17H15N3O4S. The van der Waals surface area contributed by atoms with Crippen LogP contribution >= 0.6 is 11.3 Å². The van der Waals surface area contributed by atoms with Crippen molar-refractivity contribution < 1.29 is 14.1 Å². The van der Waals surface area contributed by atoms with Crippen molar-refractivity contribution >= 4 is 28.1 Å². The number of carbonyl (C=O) groups excluding carboxylic acids is 1. The lowest BCUT2D eigenvalue weighted by Gasteiger charge is -2.01. The number of hydrogen-bond acceptors (Lipinski definition) is 6. The lowest BCUT2D eigenvalue weighted by Crippen LogP contribution is -2.11. The van der Waals surface area contributed by atoms with Crippen LogP contribution in [0.5, 0.6) is 0 Å². The average Bonchev–Trinajstić information content (AvgIpc) is 3.25. The first-order valence-electron chi connectivity index (χ1n) is 7.56. The molecule has 0 radical (unpaired) electrons. The number of aromatic nitrogens is 1. The van der Waals surface area contributed by atoms with Gasteiger partial charge < -0.3 is 9.73 Å². The molecule has 0 atom stereocenters. The number of amides is 1. The van der Waals surface area contributed by atoms with Crippen molar-refractivity contribution in [3.8, 4) is 11.3 Å². The fourth-order valence-electron chi connectivity index (χ4n) is 2.30. The quantitative estimate of drug-likeness (QED) is 0.527. The predicted molar refractivity (Wildman–Crippen MR) is 94.6 cm³/mol. The Morgan fingerprint density at radius 2 is 2.24 bits per heavy atom. The van der Waals surface area contributed by atoms with Crippen LogP contribution < -0.4 is 5.32 Å². The molecule has 1 aromatic carbocycles. The Morgan fingerprint density at radius 3 is 2.96 bits per heavy atom. The van der Waals surface area contributed by atoms with Crippen molar-refractivity contribution in [2.24, 2.45) is 0 Å². The van der Waals surface area contributed by atoms with Crippen LogP contribution in [0.2, 0.25) is 0 Å². The molecule has 0 unspecified atom stereocenters. The number of benzene rings is 1. The van der Waals surface area contributed by atoms with Gasteiger partial charge in [0.25, 0.3) is 5.69 Å². The van der Waals surface area contributed by atoms with Crippen LogP contribution in [0.4, 0.5) is 10.8 Å². The largest absolute Gasteiger partial charge is 0.469 e. The van der Waals surface area contributed by atoms with Gasteiger partial charge in [0, 0.05) is 35.4 Å². The van der Waals surface area contributed by atoms with Crippen LogP contribution in [0.3, 0.4) is 0 Å². The summed E-state index contributed by atoms with van der Waals surface area (Å²) >= 11 is 1.28. The standard InChI is InChI=1S/C17H15N3O4S/c1-11-4-5-12(9-15(11)20(22)23)14-10-25-17(18-14)19-16(21)7-6-13-3-2-8-24-13/h2-5,8-10H,6-7H2,1H3,(H,18,19,21). The number of carbonyl (C=O) groups is 1. The minimum absolute atomic E-state index is 0.0505. The zero-order chi connectivity index (χ0) is 17.8. The Hall–Kier alpha value is -3.00. The molecule has 8 heteroatoms. The number of nitro groups is 1. The van der Waals surface area contributed by atoms with E-state index in [1.54, 1.807) is 36.8 Å². The van der Waals surface area contributed by atoms with E-state index in [2.05, 4.69) is 10.3 Å². The highest BCUT2D eigenvalue weighted by molar-refractivity contribution is 7.14. The van der Waals surface area contributed by atoms with E-state index in [1.807, 2.05) is 6.07 Å². The molecule has 0 saturated heterocycles. The number of furan rings is 1. The van der Waals surface area contributed by atoms with Gasteiger partial charge in [0.1, 0.15) is 5.76 Å². The van der Waals surface area contributed by atoms with Gasteiger partial charge in [0.05, 0.1) is 16.9 Å². The van der Waals surface area contributed by atoms with Crippen LogP contribution in [0.25, 0.3) is 11.3 Å². The summed E-state index contributed by atoms with van der Waals surface area (Å²) in [6, 6.07) is 8.56. The van der Waals surface area contributed by atoms with Crippen molar-refractivity contribution in [3.63, 3.8) is 0 Å². The minimum atomic E-state index is -0.414. The minimum Gasteiger partial charge on any atom is -0.469 e. The maximum Gasteiger partial charge on any atom is 0.272 e. The van der Waals surface area contributed by atoms with Crippen LogP contribution in [-0.4, -0.2) is 15.8 Å². The van der Waals surface area contributed by atoms with E-state index in [0.717, 1.165) is 5.76 Å². The van der Waals surface area contributed by atoms with E-state index in [-0.39, 0.29) is 11.6 Å². The van der Waals surface area contributed by atoms with E-state index in [4.69, 9.17) is 4.42 Å². The zero-order valence-corrected chi connectivity index (χ0v) is 14.2. The predicted octanol–water partition coefficient (Wildman–Crippen LogP) is 4.19. The summed E-state index contributed by atoms with van der Waals surface area (Å²) in [6.07, 6.45) is 2.38. The second kappa shape index (κ2) is 7.27. The molecule has 2 aromatic heterocycles. The second-order valence-corrected chi connectivity index (χ2v) is 6.28. The van der Waals surface area contributed by atoms with Gasteiger partial charge in [-0.05, 0) is 19.1 Å². The first kappa shape index (κ1) is 16.8. The monoisotopic (exact) mass is 357 g/mol. The van der Waals surface area contributed by atoms with Crippen molar-refractivity contribution in [1.29, 1.82) is 0 Å². The third-order valence-electron chi connectivity index (χ3n) is 3.63. The Bertz CT molecular complexity index is 903. The molecule has 1 N–H and O–H groups in total. The summed E-state index contributed by atoms with van der Waals surface area (Å²) in [7, 11) is 0. The van der Waals surface area contributed by atoms with Crippen LogP contribution in [0, 0.1) is 17.0 Å². The number of nitrogens with one attached hydrogen (secondary N) is 1. The molecule has 0 spiro atoms. The molecule has 25 heavy (non-hydrogen) atoms. The third kappa shape index (κ3) is 4.10. The second-order valence-electron chi connectivity index (χ2n) is 5.42. The van der Waals surface area contributed by atoms with Crippen LogP contribution in [0.15, 0.2) is 46.4 Å². The molecule has 0 saturated carbocycles. The summed E-state index contributed by atoms with van der Waals surface area (Å²) in [5.41, 5.74) is 1.88. The first-order valence-corrected chi connectivity index (χ1v) is 8.44. The number of anilines is 1. The molecule has 128 valence electrons. The molecule has 3 rings (SSSR count). The molecular weight excluding hydrogens is 342 g/mol. The van der Waals surface area contributed by atoms with Crippen molar-refractivity contribution in [2.45, 2.75) is 19.8 Å². The van der Waals surface area contributed by atoms with E-state index in [0.29, 0.717) is 34.8 Å². The Morgan fingerprint density at radius 1 is 1.40 bits per heavy atom. The highest BCUT2D eigenvalue weighted by Crippen LogP contribution is 2.29. The third-order valence-corrected chi connectivity index (χ3v) is 4.39. The molecule has 1 amide bonds. The number of nitrogens with zero attached hydrogens (tertiary/aromatic N) is 2. The lowest BCUT2D eigenvalue weighted by molar-refractivity contribution is -0.385. The Labute approximate surface area is 147 Å². The van der Waals surface area contributed by atoms with E-state index in [1.165, 1.54) is 17.4 Å². The van der Waals surface area contributed by atoms with Gasteiger partial charge in [-0.2, -0.15) is 0 Å². The summed E-state index contributed by atoms with van der Waals surface area (Å²) in [4.78, 5) is 26.9. The topological polar surface area (TPSA) is 98.3 Å². The number of nitro benzene ring substituents is 1. The molecule has 0 aliphatic carbocycles. The SMILES string of the molecule is Cc1ccc(-c2csc(NC(=O)CCc3ccco3)n2)cc1[N+](=O)[O-]. The van der Waals surface area contributed by atoms with Gasteiger partial charge in [-0.25, -0.2) is 4.98 Å². The van der Waals surface area contributed by atoms with Gasteiger partial charge in [-0.3, -0.25) is 14.9 Å². The highest BCUT2D eigenvalue weighted by Gasteiger charge is 2.14. The molecule has 3 aromatic rings. The summed E-state index contributed by atoms with van der Waals surface area (Å²) < 4.78 is 5.19. The van der Waals surface area contributed by atoms with Crippen LogP contribution in [0.1, 0.15) is 17.7 Å². The van der Waals surface area contributed by atoms with E-state index in [9.17, 15) is 14.9 Å².